The first kappa shape index (κ1) is 13.3. The molecule has 2 bridgehead atoms. The number of piperidine rings is 1. The number of imide groups is 1. The summed E-state index contributed by atoms with van der Waals surface area (Å²) in [7, 11) is 0. The first-order valence-electron chi connectivity index (χ1n) is 7.24. The Morgan fingerprint density at radius 1 is 1.10 bits per heavy atom. The van der Waals surface area contributed by atoms with E-state index in [2.05, 4.69) is 13.8 Å². The van der Waals surface area contributed by atoms with Crippen LogP contribution in [0.5, 0.6) is 0 Å². The van der Waals surface area contributed by atoms with Gasteiger partial charge in [-0.25, -0.2) is 4.90 Å². The summed E-state index contributed by atoms with van der Waals surface area (Å²) in [5, 5.41) is 0. The van der Waals surface area contributed by atoms with Crippen LogP contribution in [0.1, 0.15) is 39.2 Å². The van der Waals surface area contributed by atoms with Gasteiger partial charge in [-0.3, -0.25) is 9.59 Å². The average molecular weight is 271 g/mol. The van der Waals surface area contributed by atoms with Crippen LogP contribution in [0.4, 0.5) is 5.69 Å². The molecule has 1 saturated heterocycles. The second-order valence-corrected chi connectivity index (χ2v) is 6.96. The third-order valence-corrected chi connectivity index (χ3v) is 5.71. The zero-order valence-corrected chi connectivity index (χ0v) is 12.6. The van der Waals surface area contributed by atoms with Crippen molar-refractivity contribution in [1.82, 2.24) is 0 Å². The molecule has 3 nitrogen and oxygen atoms in total. The van der Waals surface area contributed by atoms with E-state index in [0.717, 1.165) is 18.4 Å². The maximum absolute atomic E-state index is 12.9. The summed E-state index contributed by atoms with van der Waals surface area (Å²) in [5.41, 5.74) is 1.15. The number of hydrogen-bond acceptors (Lipinski definition) is 2. The number of carbonyl (C=O) groups excluding carboxylic acids is 2. The molecule has 0 aromatic heterocycles. The van der Waals surface area contributed by atoms with Crippen molar-refractivity contribution < 1.29 is 9.59 Å². The lowest BCUT2D eigenvalue weighted by Gasteiger charge is -2.47. The van der Waals surface area contributed by atoms with Crippen molar-refractivity contribution in [1.29, 1.82) is 0 Å². The molecule has 1 aromatic carbocycles. The molecule has 3 rings (SSSR count). The maximum atomic E-state index is 12.9. The predicted octanol–water partition coefficient (Wildman–Crippen LogP) is 3.31. The van der Waals surface area contributed by atoms with Crippen LogP contribution in [0.15, 0.2) is 24.3 Å². The van der Waals surface area contributed by atoms with Gasteiger partial charge >= 0.3 is 0 Å². The van der Waals surface area contributed by atoms with Gasteiger partial charge in [0.15, 0.2) is 0 Å². The van der Waals surface area contributed by atoms with Crippen molar-refractivity contribution >= 4 is 17.5 Å². The number of aryl methyl sites for hydroxylation is 1. The lowest BCUT2D eigenvalue weighted by atomic mass is 9.62. The van der Waals surface area contributed by atoms with Crippen molar-refractivity contribution in [2.75, 3.05) is 4.90 Å². The number of amides is 2. The third-order valence-electron chi connectivity index (χ3n) is 5.71. The highest BCUT2D eigenvalue weighted by atomic mass is 16.2. The standard InChI is InChI=1S/C17H21NO2/c1-11-5-7-12(8-6-11)18-14(19)13-9-10-17(4,15(18)20)16(13,2)3/h5-8,13H,9-10H2,1-4H3/t13-,17+/m0/s1. The molecule has 0 spiro atoms. The van der Waals surface area contributed by atoms with Crippen LogP contribution in [0.3, 0.4) is 0 Å². The number of nitrogens with zero attached hydrogens (tertiary/aromatic N) is 1. The summed E-state index contributed by atoms with van der Waals surface area (Å²) >= 11 is 0. The summed E-state index contributed by atoms with van der Waals surface area (Å²) < 4.78 is 0. The molecule has 1 aliphatic heterocycles. The van der Waals surface area contributed by atoms with Gasteiger partial charge in [0.05, 0.1) is 11.1 Å². The van der Waals surface area contributed by atoms with E-state index in [1.807, 2.05) is 38.1 Å². The van der Waals surface area contributed by atoms with Gasteiger partial charge in [-0.1, -0.05) is 38.5 Å². The molecule has 106 valence electrons. The molecular weight excluding hydrogens is 250 g/mol. The van der Waals surface area contributed by atoms with Crippen molar-refractivity contribution in [3.63, 3.8) is 0 Å². The number of hydrogen-bond donors (Lipinski definition) is 0. The molecule has 1 aromatic rings. The van der Waals surface area contributed by atoms with Crippen molar-refractivity contribution in [2.24, 2.45) is 16.7 Å². The normalized spacial score (nSPS) is 31.8. The fourth-order valence-electron chi connectivity index (χ4n) is 3.76. The third kappa shape index (κ3) is 1.46. The molecule has 0 N–H and O–H groups in total. The largest absolute Gasteiger partial charge is 0.274 e. The predicted molar refractivity (Wildman–Crippen MR) is 78.3 cm³/mol. The van der Waals surface area contributed by atoms with E-state index in [1.54, 1.807) is 0 Å². The Kier molecular flexibility index (Phi) is 2.63. The number of fused-ring (bicyclic) bond motifs is 2. The Morgan fingerprint density at radius 2 is 1.70 bits per heavy atom. The molecule has 2 amide bonds. The average Bonchev–Trinajstić information content (AvgIpc) is 2.57. The van der Waals surface area contributed by atoms with Gasteiger partial charge in [0.1, 0.15) is 0 Å². The summed E-state index contributed by atoms with van der Waals surface area (Å²) in [6.45, 7) is 8.14. The van der Waals surface area contributed by atoms with E-state index >= 15 is 0 Å². The van der Waals surface area contributed by atoms with E-state index in [-0.39, 0.29) is 23.1 Å². The Hall–Kier alpha value is -1.64. The quantitative estimate of drug-likeness (QED) is 0.735. The molecule has 0 radical (unpaired) electrons. The number of rotatable bonds is 1. The van der Waals surface area contributed by atoms with Crippen LogP contribution in [0, 0.1) is 23.7 Å². The van der Waals surface area contributed by atoms with E-state index in [4.69, 9.17) is 0 Å². The minimum absolute atomic E-state index is 0.0289. The minimum atomic E-state index is -0.434. The molecule has 1 aliphatic carbocycles. The molecule has 1 saturated carbocycles. The Labute approximate surface area is 120 Å². The van der Waals surface area contributed by atoms with Gasteiger partial charge in [-0.15, -0.1) is 0 Å². The highest BCUT2D eigenvalue weighted by Crippen LogP contribution is 2.60. The molecular formula is C17H21NO2. The SMILES string of the molecule is Cc1ccc(N2C(=O)[C@@H]3CC[C@](C)(C2=O)C3(C)C)cc1. The van der Waals surface area contributed by atoms with E-state index in [0.29, 0.717) is 5.69 Å². The second-order valence-electron chi connectivity index (χ2n) is 6.96. The zero-order valence-electron chi connectivity index (χ0n) is 12.6. The minimum Gasteiger partial charge on any atom is -0.274 e. The Balaban J connectivity index is 2.09. The number of benzene rings is 1. The van der Waals surface area contributed by atoms with Crippen molar-refractivity contribution in [3.8, 4) is 0 Å². The van der Waals surface area contributed by atoms with Crippen LogP contribution in [-0.4, -0.2) is 11.8 Å². The maximum Gasteiger partial charge on any atom is 0.240 e. The fourth-order valence-corrected chi connectivity index (χ4v) is 3.76. The molecule has 3 heteroatoms. The molecule has 2 atom stereocenters. The summed E-state index contributed by atoms with van der Waals surface area (Å²) in [6, 6.07) is 7.62. The van der Waals surface area contributed by atoms with Gasteiger partial charge in [-0.2, -0.15) is 0 Å². The first-order valence-corrected chi connectivity index (χ1v) is 7.24. The van der Waals surface area contributed by atoms with Gasteiger partial charge < -0.3 is 0 Å². The van der Waals surface area contributed by atoms with Crippen LogP contribution >= 0.6 is 0 Å². The second kappa shape index (κ2) is 3.94. The van der Waals surface area contributed by atoms with Crippen molar-refractivity contribution in [3.05, 3.63) is 29.8 Å². The summed E-state index contributed by atoms with van der Waals surface area (Å²) in [4.78, 5) is 27.1. The molecule has 1 heterocycles. The Bertz CT molecular complexity index is 588. The van der Waals surface area contributed by atoms with E-state index in [1.165, 1.54) is 4.90 Å². The van der Waals surface area contributed by atoms with Gasteiger partial charge in [0.25, 0.3) is 0 Å². The van der Waals surface area contributed by atoms with Gasteiger partial charge in [0, 0.05) is 5.92 Å². The van der Waals surface area contributed by atoms with Crippen molar-refractivity contribution in [2.45, 2.75) is 40.5 Å². The summed E-state index contributed by atoms with van der Waals surface area (Å²) in [5.74, 6) is -0.115. The van der Waals surface area contributed by atoms with Gasteiger partial charge in [-0.05, 0) is 37.3 Å². The molecule has 2 aliphatic rings. The van der Waals surface area contributed by atoms with Crippen LogP contribution in [-0.2, 0) is 9.59 Å². The van der Waals surface area contributed by atoms with Crippen LogP contribution in [0.25, 0.3) is 0 Å². The Morgan fingerprint density at radius 3 is 2.30 bits per heavy atom. The molecule has 20 heavy (non-hydrogen) atoms. The number of anilines is 1. The van der Waals surface area contributed by atoms with Crippen LogP contribution in [0.2, 0.25) is 0 Å². The molecule has 0 unspecified atom stereocenters. The van der Waals surface area contributed by atoms with E-state index < -0.39 is 5.41 Å². The summed E-state index contributed by atoms with van der Waals surface area (Å²) in [6.07, 6.45) is 1.62. The highest BCUT2D eigenvalue weighted by molar-refractivity contribution is 6.20. The number of carbonyl (C=O) groups is 2. The first-order chi connectivity index (χ1) is 9.29. The lowest BCUT2D eigenvalue weighted by molar-refractivity contribution is -0.146. The zero-order chi connectivity index (χ0) is 14.7. The monoisotopic (exact) mass is 271 g/mol. The smallest absolute Gasteiger partial charge is 0.240 e. The topological polar surface area (TPSA) is 37.4 Å². The molecule has 2 fully saturated rings. The van der Waals surface area contributed by atoms with Crippen LogP contribution < -0.4 is 4.90 Å². The fraction of sp³-hybridized carbons (Fsp3) is 0.529. The highest BCUT2D eigenvalue weighted by Gasteiger charge is 2.64. The lowest BCUT2D eigenvalue weighted by Crippen LogP contribution is -2.59. The van der Waals surface area contributed by atoms with E-state index in [9.17, 15) is 9.59 Å². The van der Waals surface area contributed by atoms with Gasteiger partial charge in [0.2, 0.25) is 11.8 Å².